The molecule has 0 spiro atoms. The Labute approximate surface area is 231 Å². The maximum absolute atomic E-state index is 13.4. The van der Waals surface area contributed by atoms with Crippen LogP contribution in [0, 0.1) is 11.3 Å². The van der Waals surface area contributed by atoms with Gasteiger partial charge in [0.2, 0.25) is 0 Å². The number of methoxy groups -OCH3 is 2. The van der Waals surface area contributed by atoms with E-state index in [1.165, 1.54) is 18.2 Å². The highest BCUT2D eigenvalue weighted by Crippen LogP contribution is 2.30. The molecule has 2 aromatic heterocycles. The number of nitriles is 1. The largest absolute Gasteiger partial charge is 0.377 e. The fourth-order valence-electron chi connectivity index (χ4n) is 5.29. The molecule has 3 amide bonds. The molecular weight excluding hydrogens is 518 g/mol. The van der Waals surface area contributed by atoms with E-state index in [0.29, 0.717) is 74.5 Å². The quantitative estimate of drug-likeness (QED) is 0.464. The van der Waals surface area contributed by atoms with Crippen molar-refractivity contribution in [2.24, 2.45) is 0 Å². The number of anilines is 3. The molecule has 40 heavy (non-hydrogen) atoms. The highest BCUT2D eigenvalue weighted by molar-refractivity contribution is 6.02. The topological polar surface area (TPSA) is 159 Å². The van der Waals surface area contributed by atoms with E-state index in [1.54, 1.807) is 18.1 Å². The number of nitrogens with one attached hydrogen (secondary N) is 2. The molecule has 2 aromatic rings. The number of aldehydes is 1. The first-order valence-corrected chi connectivity index (χ1v) is 13.1. The molecule has 3 aliphatic rings. The van der Waals surface area contributed by atoms with Crippen LogP contribution in [0.2, 0.25) is 0 Å². The highest BCUT2D eigenvalue weighted by atomic mass is 16.5. The first-order valence-electron chi connectivity index (χ1n) is 13.1. The van der Waals surface area contributed by atoms with Crippen molar-refractivity contribution < 1.29 is 28.6 Å². The molecule has 2 saturated heterocycles. The molecule has 1 unspecified atom stereocenters. The summed E-state index contributed by atoms with van der Waals surface area (Å²) in [6, 6.07) is 4.94. The summed E-state index contributed by atoms with van der Waals surface area (Å²) in [6.07, 6.45) is 3.38. The summed E-state index contributed by atoms with van der Waals surface area (Å²) in [6.45, 7) is 2.05. The van der Waals surface area contributed by atoms with Gasteiger partial charge in [0, 0.05) is 58.1 Å². The van der Waals surface area contributed by atoms with Crippen LogP contribution in [-0.4, -0.2) is 91.9 Å². The number of hydrogen-bond acceptors (Lipinski definition) is 10. The smallest absolute Gasteiger partial charge is 0.328 e. The number of urea groups is 1. The molecule has 2 N–H and O–H groups in total. The monoisotopic (exact) mass is 549 g/mol. The molecule has 5 rings (SSSR count). The van der Waals surface area contributed by atoms with E-state index in [-0.39, 0.29) is 36.1 Å². The van der Waals surface area contributed by atoms with Gasteiger partial charge in [-0.05, 0) is 24.5 Å². The molecule has 0 aliphatic carbocycles. The van der Waals surface area contributed by atoms with Gasteiger partial charge in [0.1, 0.15) is 35.6 Å². The Kier molecular flexibility index (Phi) is 8.20. The Hall–Kier alpha value is -4.12. The third-order valence-electron chi connectivity index (χ3n) is 7.46. The van der Waals surface area contributed by atoms with Crippen LogP contribution in [-0.2, 0) is 32.0 Å². The van der Waals surface area contributed by atoms with Crippen molar-refractivity contribution in [3.8, 4) is 6.07 Å². The van der Waals surface area contributed by atoms with E-state index in [1.807, 2.05) is 6.07 Å². The Balaban J connectivity index is 1.34. The lowest BCUT2D eigenvalue weighted by atomic mass is 10.0. The fourth-order valence-corrected chi connectivity index (χ4v) is 5.29. The van der Waals surface area contributed by atoms with Crippen molar-refractivity contribution in [2.45, 2.75) is 44.1 Å². The number of carbonyl (C=O) groups excluding carboxylic acids is 3. The number of aromatic nitrogens is 2. The second-order valence-electron chi connectivity index (χ2n) is 9.88. The van der Waals surface area contributed by atoms with Crippen LogP contribution in [0.15, 0.2) is 18.3 Å². The number of amides is 3. The van der Waals surface area contributed by atoms with Gasteiger partial charge in [0.25, 0.3) is 5.91 Å². The zero-order valence-corrected chi connectivity index (χ0v) is 22.4. The highest BCUT2D eigenvalue weighted by Gasteiger charge is 2.33. The lowest BCUT2D eigenvalue weighted by molar-refractivity contribution is -0.136. The van der Waals surface area contributed by atoms with E-state index < -0.39 is 12.1 Å². The first kappa shape index (κ1) is 27.4. The first-order chi connectivity index (χ1) is 19.4. The standard InChI is InChI=1S/C27H31N7O6/c1-38-22-5-7-33(26(22)36)12-17-8-16-4-3-6-34(25(16)31-20(17)13-35)27(37)32-24-9-19(18(10-28)11-29-24)30-21-14-40-15-23(21)39-2/h8-9,11,13,21-23H,3-7,12,14-15H2,1-2H3,(H2,29,30,32,37)/t21-,22?,23-/m1/s1. The Morgan fingerprint density at radius 3 is 2.85 bits per heavy atom. The number of nitrogens with zero attached hydrogens (tertiary/aromatic N) is 5. The van der Waals surface area contributed by atoms with Gasteiger partial charge in [0.15, 0.2) is 6.29 Å². The van der Waals surface area contributed by atoms with Crippen LogP contribution < -0.4 is 15.5 Å². The molecule has 3 atom stereocenters. The number of likely N-dealkylation sites (tertiary alicyclic amines) is 1. The Bertz CT molecular complexity index is 1350. The van der Waals surface area contributed by atoms with E-state index in [4.69, 9.17) is 14.2 Å². The predicted octanol–water partition coefficient (Wildman–Crippen LogP) is 1.72. The van der Waals surface area contributed by atoms with Crippen molar-refractivity contribution in [1.82, 2.24) is 14.9 Å². The Morgan fingerprint density at radius 2 is 2.12 bits per heavy atom. The minimum Gasteiger partial charge on any atom is -0.377 e. The van der Waals surface area contributed by atoms with Gasteiger partial charge in [-0.25, -0.2) is 14.8 Å². The molecule has 210 valence electrons. The average Bonchev–Trinajstić information content (AvgIpc) is 3.57. The summed E-state index contributed by atoms with van der Waals surface area (Å²) in [7, 11) is 3.11. The van der Waals surface area contributed by atoms with Crippen molar-refractivity contribution in [1.29, 1.82) is 5.26 Å². The molecule has 2 fully saturated rings. The SMILES string of the molecule is COC1CCN(Cc2cc3c(nc2C=O)N(C(=O)Nc2cc(N[C@@H]4COC[C@H]4OC)c(C#N)cn2)CCC3)C1=O. The fraction of sp³-hybridized carbons (Fsp3) is 0.481. The molecule has 13 nitrogen and oxygen atoms in total. The van der Waals surface area contributed by atoms with E-state index in [9.17, 15) is 19.6 Å². The lowest BCUT2D eigenvalue weighted by Gasteiger charge is -2.29. The van der Waals surface area contributed by atoms with Gasteiger partial charge in [-0.2, -0.15) is 5.26 Å². The number of ether oxygens (including phenoxy) is 3. The van der Waals surface area contributed by atoms with Gasteiger partial charge in [-0.15, -0.1) is 0 Å². The number of carbonyl (C=O) groups is 3. The van der Waals surface area contributed by atoms with Crippen LogP contribution >= 0.6 is 0 Å². The van der Waals surface area contributed by atoms with E-state index >= 15 is 0 Å². The van der Waals surface area contributed by atoms with Crippen molar-refractivity contribution in [3.05, 3.63) is 40.7 Å². The van der Waals surface area contributed by atoms with Gasteiger partial charge in [-0.1, -0.05) is 0 Å². The zero-order valence-electron chi connectivity index (χ0n) is 22.4. The molecule has 0 bridgehead atoms. The summed E-state index contributed by atoms with van der Waals surface area (Å²) < 4.78 is 16.1. The summed E-state index contributed by atoms with van der Waals surface area (Å²) in [5.41, 5.74) is 2.46. The second kappa shape index (κ2) is 12.0. The van der Waals surface area contributed by atoms with Crippen LogP contribution in [0.5, 0.6) is 0 Å². The van der Waals surface area contributed by atoms with E-state index in [0.717, 1.165) is 5.56 Å². The number of fused-ring (bicyclic) bond motifs is 1. The third kappa shape index (κ3) is 5.46. The van der Waals surface area contributed by atoms with Crippen LogP contribution in [0.3, 0.4) is 0 Å². The molecule has 0 radical (unpaired) electrons. The lowest BCUT2D eigenvalue weighted by Crippen LogP contribution is -2.40. The van der Waals surface area contributed by atoms with Crippen LogP contribution in [0.4, 0.5) is 22.1 Å². The number of hydrogen-bond donors (Lipinski definition) is 2. The summed E-state index contributed by atoms with van der Waals surface area (Å²) in [5.74, 6) is 0.536. The second-order valence-corrected chi connectivity index (χ2v) is 9.88. The summed E-state index contributed by atoms with van der Waals surface area (Å²) in [5, 5.41) is 15.6. The minimum absolute atomic E-state index is 0.111. The third-order valence-corrected chi connectivity index (χ3v) is 7.46. The van der Waals surface area contributed by atoms with Crippen LogP contribution in [0.1, 0.15) is 40.0 Å². The maximum Gasteiger partial charge on any atom is 0.328 e. The maximum atomic E-state index is 13.4. The number of aryl methyl sites for hydroxylation is 1. The summed E-state index contributed by atoms with van der Waals surface area (Å²) in [4.78, 5) is 49.8. The number of pyridine rings is 2. The van der Waals surface area contributed by atoms with Crippen molar-refractivity contribution >= 4 is 35.5 Å². The minimum atomic E-state index is -0.469. The van der Waals surface area contributed by atoms with E-state index in [2.05, 4.69) is 26.7 Å². The summed E-state index contributed by atoms with van der Waals surface area (Å²) >= 11 is 0. The van der Waals surface area contributed by atoms with Crippen molar-refractivity contribution in [2.75, 3.05) is 56.1 Å². The van der Waals surface area contributed by atoms with Gasteiger partial charge in [-0.3, -0.25) is 19.8 Å². The average molecular weight is 550 g/mol. The van der Waals surface area contributed by atoms with Crippen molar-refractivity contribution in [3.63, 3.8) is 0 Å². The molecular formula is C27H31N7O6. The normalized spacial score (nSPS) is 22.1. The molecule has 5 heterocycles. The molecule has 13 heteroatoms. The Morgan fingerprint density at radius 1 is 1.27 bits per heavy atom. The molecule has 0 aromatic carbocycles. The van der Waals surface area contributed by atoms with Gasteiger partial charge >= 0.3 is 6.03 Å². The molecule has 0 saturated carbocycles. The molecule has 3 aliphatic heterocycles. The van der Waals surface area contributed by atoms with Crippen LogP contribution in [0.25, 0.3) is 0 Å². The number of rotatable bonds is 8. The predicted molar refractivity (Wildman–Crippen MR) is 143 cm³/mol. The van der Waals surface area contributed by atoms with Gasteiger partial charge < -0.3 is 24.4 Å². The zero-order chi connectivity index (χ0) is 28.2. The van der Waals surface area contributed by atoms with Gasteiger partial charge in [0.05, 0.1) is 30.5 Å².